The highest BCUT2D eigenvalue weighted by Crippen LogP contribution is 2.21. The highest BCUT2D eigenvalue weighted by Gasteiger charge is 2.21. The normalized spacial score (nSPS) is 14.2. The Balaban J connectivity index is 1.78. The van der Waals surface area contributed by atoms with Crippen LogP contribution in [0.15, 0.2) is 47.3 Å². The van der Waals surface area contributed by atoms with Crippen LogP contribution in [0, 0.1) is 0 Å². The Morgan fingerprint density at radius 1 is 1.35 bits per heavy atom. The van der Waals surface area contributed by atoms with Crippen molar-refractivity contribution in [3.8, 4) is 0 Å². The van der Waals surface area contributed by atoms with Crippen molar-refractivity contribution in [2.75, 3.05) is 23.3 Å². The number of nitrogens with zero attached hydrogens (tertiary/aromatic N) is 1. The van der Waals surface area contributed by atoms with Crippen LogP contribution in [0.1, 0.15) is 10.4 Å². The quantitative estimate of drug-likeness (QED) is 0.897. The fourth-order valence-electron chi connectivity index (χ4n) is 2.07. The van der Waals surface area contributed by atoms with Crippen molar-refractivity contribution in [3.63, 3.8) is 0 Å². The third kappa shape index (κ3) is 2.35. The van der Waals surface area contributed by atoms with Gasteiger partial charge in [0, 0.05) is 24.5 Å². The van der Waals surface area contributed by atoms with Crippen LogP contribution >= 0.6 is 0 Å². The minimum absolute atomic E-state index is 0.122. The van der Waals surface area contributed by atoms with E-state index in [1.807, 2.05) is 6.07 Å². The molecule has 2 N–H and O–H groups in total. The van der Waals surface area contributed by atoms with Crippen molar-refractivity contribution in [2.45, 2.75) is 0 Å². The van der Waals surface area contributed by atoms with E-state index in [-0.39, 0.29) is 11.9 Å². The summed E-state index contributed by atoms with van der Waals surface area (Å²) < 4.78 is 4.87. The predicted molar refractivity (Wildman–Crippen MR) is 73.8 cm³/mol. The molecule has 2 aromatic rings. The molecule has 3 amide bonds. The molecule has 0 radical (unpaired) electrons. The van der Waals surface area contributed by atoms with E-state index in [9.17, 15) is 9.59 Å². The first-order chi connectivity index (χ1) is 9.74. The molecule has 0 atom stereocenters. The van der Waals surface area contributed by atoms with Crippen molar-refractivity contribution < 1.29 is 14.0 Å². The summed E-state index contributed by atoms with van der Waals surface area (Å²) in [6, 6.07) is 8.64. The Morgan fingerprint density at radius 2 is 2.25 bits per heavy atom. The van der Waals surface area contributed by atoms with Crippen LogP contribution in [0.3, 0.4) is 0 Å². The fourth-order valence-corrected chi connectivity index (χ4v) is 2.07. The van der Waals surface area contributed by atoms with Crippen LogP contribution in [0.4, 0.5) is 16.2 Å². The van der Waals surface area contributed by atoms with E-state index in [2.05, 4.69) is 10.6 Å². The monoisotopic (exact) mass is 271 g/mol. The predicted octanol–water partition coefficient (Wildman–Crippen LogP) is 2.06. The van der Waals surface area contributed by atoms with E-state index in [1.54, 1.807) is 29.2 Å². The van der Waals surface area contributed by atoms with Gasteiger partial charge in [0.1, 0.15) is 6.26 Å². The Labute approximate surface area is 115 Å². The summed E-state index contributed by atoms with van der Waals surface area (Å²) in [5.41, 5.74) is 1.84. The number of amides is 3. The number of hydrogen-bond acceptors (Lipinski definition) is 3. The summed E-state index contributed by atoms with van der Waals surface area (Å²) in [4.78, 5) is 25.2. The topological polar surface area (TPSA) is 74.6 Å². The number of rotatable bonds is 3. The number of carbonyl (C=O) groups is 2. The lowest BCUT2D eigenvalue weighted by atomic mass is 10.2. The first-order valence-corrected chi connectivity index (χ1v) is 6.23. The zero-order valence-electron chi connectivity index (χ0n) is 10.6. The number of anilines is 2. The van der Waals surface area contributed by atoms with Gasteiger partial charge < -0.3 is 15.1 Å². The van der Waals surface area contributed by atoms with Crippen LogP contribution < -0.4 is 15.5 Å². The number of benzene rings is 1. The molecule has 1 aliphatic rings. The van der Waals surface area contributed by atoms with Gasteiger partial charge >= 0.3 is 6.03 Å². The zero-order chi connectivity index (χ0) is 13.9. The van der Waals surface area contributed by atoms with E-state index >= 15 is 0 Å². The Kier molecular flexibility index (Phi) is 3.12. The molecule has 1 aromatic carbocycles. The molecule has 0 saturated carbocycles. The van der Waals surface area contributed by atoms with Gasteiger partial charge in [-0.05, 0) is 24.3 Å². The molecule has 0 aliphatic carbocycles. The Bertz CT molecular complexity index is 637. The van der Waals surface area contributed by atoms with Crippen molar-refractivity contribution in [1.29, 1.82) is 0 Å². The van der Waals surface area contributed by atoms with Gasteiger partial charge in [-0.1, -0.05) is 6.07 Å². The summed E-state index contributed by atoms with van der Waals surface area (Å²) >= 11 is 0. The smallest absolute Gasteiger partial charge is 0.321 e. The van der Waals surface area contributed by atoms with Gasteiger partial charge in [-0.3, -0.25) is 9.69 Å². The second-order valence-electron chi connectivity index (χ2n) is 4.40. The molecule has 1 saturated heterocycles. The number of nitrogens with one attached hydrogen (secondary N) is 2. The lowest BCUT2D eigenvalue weighted by Crippen LogP contribution is -2.27. The van der Waals surface area contributed by atoms with Gasteiger partial charge in [0.2, 0.25) is 0 Å². The Hall–Kier alpha value is -2.76. The van der Waals surface area contributed by atoms with Gasteiger partial charge in [0.25, 0.3) is 5.91 Å². The largest absolute Gasteiger partial charge is 0.472 e. The molecule has 102 valence electrons. The van der Waals surface area contributed by atoms with Crippen LogP contribution in [0.25, 0.3) is 0 Å². The molecule has 20 heavy (non-hydrogen) atoms. The number of carbonyl (C=O) groups excluding carboxylic acids is 2. The molecule has 0 spiro atoms. The fraction of sp³-hybridized carbons (Fsp3) is 0.143. The SMILES string of the molecule is O=C(Nc1cccc(N2CCNC2=O)c1)c1ccoc1. The lowest BCUT2D eigenvalue weighted by Gasteiger charge is -2.15. The maximum absolute atomic E-state index is 11.9. The van der Waals surface area contributed by atoms with E-state index in [0.717, 1.165) is 5.69 Å². The molecule has 1 aliphatic heterocycles. The molecular weight excluding hydrogens is 258 g/mol. The van der Waals surface area contributed by atoms with Crippen LogP contribution in [0.5, 0.6) is 0 Å². The molecule has 3 rings (SSSR count). The van der Waals surface area contributed by atoms with Crippen molar-refractivity contribution in [3.05, 3.63) is 48.4 Å². The van der Waals surface area contributed by atoms with Gasteiger partial charge in [-0.25, -0.2) is 4.79 Å². The van der Waals surface area contributed by atoms with Gasteiger partial charge in [-0.2, -0.15) is 0 Å². The van der Waals surface area contributed by atoms with Crippen molar-refractivity contribution >= 4 is 23.3 Å². The molecule has 0 unspecified atom stereocenters. The number of urea groups is 1. The molecule has 1 aromatic heterocycles. The van der Waals surface area contributed by atoms with Crippen LogP contribution in [-0.4, -0.2) is 25.0 Å². The molecule has 6 heteroatoms. The standard InChI is InChI=1S/C14H13N3O3/c18-13(10-4-7-20-9-10)16-11-2-1-3-12(8-11)17-6-5-15-14(17)19/h1-4,7-9H,5-6H2,(H,15,19)(H,16,18). The highest BCUT2D eigenvalue weighted by molar-refractivity contribution is 6.04. The van der Waals surface area contributed by atoms with Gasteiger partial charge in [0.05, 0.1) is 11.8 Å². The Morgan fingerprint density at radius 3 is 2.95 bits per heavy atom. The van der Waals surface area contributed by atoms with E-state index < -0.39 is 0 Å². The van der Waals surface area contributed by atoms with Crippen molar-refractivity contribution in [1.82, 2.24) is 5.32 Å². The third-order valence-corrected chi connectivity index (χ3v) is 3.06. The van der Waals surface area contributed by atoms with E-state index in [4.69, 9.17) is 4.42 Å². The molecule has 1 fully saturated rings. The summed E-state index contributed by atoms with van der Waals surface area (Å²) in [5, 5.41) is 5.50. The van der Waals surface area contributed by atoms with Crippen LogP contribution in [-0.2, 0) is 0 Å². The maximum atomic E-state index is 11.9. The zero-order valence-corrected chi connectivity index (χ0v) is 10.6. The molecular formula is C14H13N3O3. The minimum atomic E-state index is -0.248. The summed E-state index contributed by atoms with van der Waals surface area (Å²) in [6.45, 7) is 1.25. The first kappa shape index (κ1) is 12.3. The summed E-state index contributed by atoms with van der Waals surface area (Å²) in [6.07, 6.45) is 2.83. The first-order valence-electron chi connectivity index (χ1n) is 6.23. The average Bonchev–Trinajstić information content (AvgIpc) is 3.10. The number of furan rings is 1. The maximum Gasteiger partial charge on any atom is 0.321 e. The molecule has 0 bridgehead atoms. The highest BCUT2D eigenvalue weighted by atomic mass is 16.3. The van der Waals surface area contributed by atoms with E-state index in [0.29, 0.717) is 24.3 Å². The molecule has 6 nitrogen and oxygen atoms in total. The second-order valence-corrected chi connectivity index (χ2v) is 4.40. The molecule has 2 heterocycles. The van der Waals surface area contributed by atoms with Gasteiger partial charge in [0.15, 0.2) is 0 Å². The van der Waals surface area contributed by atoms with Crippen LogP contribution in [0.2, 0.25) is 0 Å². The minimum Gasteiger partial charge on any atom is -0.472 e. The van der Waals surface area contributed by atoms with Crippen molar-refractivity contribution in [2.24, 2.45) is 0 Å². The summed E-state index contributed by atoms with van der Waals surface area (Å²) in [5.74, 6) is -0.248. The lowest BCUT2D eigenvalue weighted by molar-refractivity contribution is 0.102. The number of hydrogen-bond donors (Lipinski definition) is 2. The summed E-state index contributed by atoms with van der Waals surface area (Å²) in [7, 11) is 0. The van der Waals surface area contributed by atoms with E-state index in [1.165, 1.54) is 12.5 Å². The average molecular weight is 271 g/mol. The van der Waals surface area contributed by atoms with Gasteiger partial charge in [-0.15, -0.1) is 0 Å². The third-order valence-electron chi connectivity index (χ3n) is 3.06. The second kappa shape index (κ2) is 5.08.